The van der Waals surface area contributed by atoms with Crippen molar-refractivity contribution in [2.45, 2.75) is 25.9 Å². The van der Waals surface area contributed by atoms with Crippen LogP contribution in [0.1, 0.15) is 19.8 Å². The summed E-state index contributed by atoms with van der Waals surface area (Å²) in [5.41, 5.74) is 0. The molecule has 4 N–H and O–H groups in total. The van der Waals surface area contributed by atoms with Crippen LogP contribution in [0.2, 0.25) is 0 Å². The molecule has 0 saturated carbocycles. The van der Waals surface area contributed by atoms with Crippen molar-refractivity contribution in [1.82, 2.24) is 0 Å². The highest BCUT2D eigenvalue weighted by atomic mass is 31.2. The number of hydrogen-bond donors (Lipinski definition) is 4. The Bertz CT molecular complexity index is 234. The van der Waals surface area contributed by atoms with Crippen LogP contribution in [0.15, 0.2) is 0 Å². The minimum absolute atomic E-state index is 0.0819. The lowest BCUT2D eigenvalue weighted by Crippen LogP contribution is -2.25. The molecule has 0 unspecified atom stereocenters. The second kappa shape index (κ2) is 5.46. The molecule has 0 saturated heterocycles. The molecule has 0 heterocycles. The van der Waals surface area contributed by atoms with Crippen LogP contribution in [0.3, 0.4) is 0 Å². The minimum Gasteiger partial charge on any atom is -0.481 e. The molecule has 0 radical (unpaired) electrons. The lowest BCUT2D eigenvalue weighted by molar-refractivity contribution is -0.144. The van der Waals surface area contributed by atoms with Gasteiger partial charge in [0.2, 0.25) is 0 Å². The first kappa shape index (κ1) is 13.6. The molecular formula is C7H15O6P. The molecule has 0 aromatic heterocycles. The van der Waals surface area contributed by atoms with Crippen molar-refractivity contribution in [2.24, 2.45) is 5.92 Å². The normalized spacial score (nSPS) is 16.3. The minimum atomic E-state index is -4.03. The summed E-state index contributed by atoms with van der Waals surface area (Å²) in [5, 5.41) is 17.7. The van der Waals surface area contributed by atoms with E-state index in [9.17, 15) is 14.5 Å². The molecule has 7 heteroatoms. The van der Waals surface area contributed by atoms with Gasteiger partial charge in [-0.1, -0.05) is 0 Å². The van der Waals surface area contributed by atoms with Crippen molar-refractivity contribution in [3.8, 4) is 0 Å². The Morgan fingerprint density at radius 3 is 2.29 bits per heavy atom. The highest BCUT2D eigenvalue weighted by Gasteiger charge is 2.22. The molecule has 0 fully saturated rings. The van der Waals surface area contributed by atoms with E-state index in [1.165, 1.54) is 6.92 Å². The van der Waals surface area contributed by atoms with E-state index in [0.29, 0.717) is 0 Å². The molecule has 0 aromatic carbocycles. The fourth-order valence-electron chi connectivity index (χ4n) is 0.921. The summed E-state index contributed by atoms with van der Waals surface area (Å²) in [6, 6.07) is 0. The Morgan fingerprint density at radius 2 is 1.93 bits per heavy atom. The summed E-state index contributed by atoms with van der Waals surface area (Å²) in [6.07, 6.45) is -1.18. The maximum atomic E-state index is 10.4. The zero-order chi connectivity index (χ0) is 11.4. The van der Waals surface area contributed by atoms with Crippen molar-refractivity contribution in [2.75, 3.05) is 6.16 Å². The highest BCUT2D eigenvalue weighted by molar-refractivity contribution is 7.51. The van der Waals surface area contributed by atoms with Gasteiger partial charge in [0.05, 0.1) is 12.0 Å². The highest BCUT2D eigenvalue weighted by Crippen LogP contribution is 2.35. The summed E-state index contributed by atoms with van der Waals surface area (Å²) < 4.78 is 10.4. The summed E-state index contributed by atoms with van der Waals surface area (Å²) in [6.45, 7) is 1.35. The van der Waals surface area contributed by atoms with Crippen LogP contribution < -0.4 is 0 Å². The second-order valence-corrected chi connectivity index (χ2v) is 5.00. The van der Waals surface area contributed by atoms with Crippen LogP contribution in [0.4, 0.5) is 0 Å². The van der Waals surface area contributed by atoms with Crippen LogP contribution in [-0.2, 0) is 9.36 Å². The fourth-order valence-corrected chi connectivity index (χ4v) is 1.52. The smallest absolute Gasteiger partial charge is 0.325 e. The molecule has 0 rings (SSSR count). The fraction of sp³-hybridized carbons (Fsp3) is 0.857. The SMILES string of the molecule is C[C@@H](C(=O)O)[C@@H](O)CCCP(=O)(O)O. The van der Waals surface area contributed by atoms with Crippen molar-refractivity contribution < 1.29 is 29.4 Å². The molecule has 0 amide bonds. The molecule has 0 aliphatic rings. The Labute approximate surface area is 81.7 Å². The van der Waals surface area contributed by atoms with Crippen LogP contribution in [0.5, 0.6) is 0 Å². The van der Waals surface area contributed by atoms with E-state index >= 15 is 0 Å². The Kier molecular flexibility index (Phi) is 5.29. The zero-order valence-electron chi connectivity index (χ0n) is 7.83. The van der Waals surface area contributed by atoms with Crippen LogP contribution >= 0.6 is 7.60 Å². The number of aliphatic hydroxyl groups excluding tert-OH is 1. The molecule has 0 aromatic rings. The molecule has 84 valence electrons. The Hall–Kier alpha value is -0.420. The third-order valence-electron chi connectivity index (χ3n) is 1.92. The molecule has 6 nitrogen and oxygen atoms in total. The predicted molar refractivity (Wildman–Crippen MR) is 49.0 cm³/mol. The van der Waals surface area contributed by atoms with E-state index in [-0.39, 0.29) is 19.0 Å². The molecule has 0 bridgehead atoms. The largest absolute Gasteiger partial charge is 0.481 e. The van der Waals surface area contributed by atoms with Crippen molar-refractivity contribution in [3.05, 3.63) is 0 Å². The van der Waals surface area contributed by atoms with E-state index in [4.69, 9.17) is 14.9 Å². The van der Waals surface area contributed by atoms with Gasteiger partial charge < -0.3 is 20.0 Å². The molecular weight excluding hydrogens is 211 g/mol. The van der Waals surface area contributed by atoms with Crippen molar-refractivity contribution in [1.29, 1.82) is 0 Å². The average molecular weight is 226 g/mol. The maximum Gasteiger partial charge on any atom is 0.325 e. The lowest BCUT2D eigenvalue weighted by Gasteiger charge is -2.14. The van der Waals surface area contributed by atoms with Gasteiger partial charge >= 0.3 is 13.6 Å². The van der Waals surface area contributed by atoms with E-state index in [2.05, 4.69) is 0 Å². The van der Waals surface area contributed by atoms with Crippen molar-refractivity contribution >= 4 is 13.6 Å². The lowest BCUT2D eigenvalue weighted by atomic mass is 10.0. The van der Waals surface area contributed by atoms with Gasteiger partial charge in [0.1, 0.15) is 0 Å². The standard InChI is InChI=1S/C7H15O6P/c1-5(7(9)10)6(8)3-2-4-14(11,12)13/h5-6,8H,2-4H2,1H3,(H,9,10)(H2,11,12,13)/t5-,6+/m1/s1. The van der Waals surface area contributed by atoms with Gasteiger partial charge in [0.25, 0.3) is 0 Å². The Morgan fingerprint density at radius 1 is 1.43 bits per heavy atom. The number of aliphatic hydroxyl groups is 1. The number of carboxylic acids is 1. The van der Waals surface area contributed by atoms with Gasteiger partial charge in [-0.2, -0.15) is 0 Å². The van der Waals surface area contributed by atoms with E-state index in [0.717, 1.165) is 0 Å². The third kappa shape index (κ3) is 6.10. The number of aliphatic carboxylic acids is 1. The number of carboxylic acid groups (broad SMARTS) is 1. The van der Waals surface area contributed by atoms with E-state index < -0.39 is 25.6 Å². The summed E-state index contributed by atoms with van der Waals surface area (Å²) >= 11 is 0. The van der Waals surface area contributed by atoms with Crippen LogP contribution in [-0.4, -0.2) is 38.2 Å². The molecule has 0 aliphatic heterocycles. The summed E-state index contributed by atoms with van der Waals surface area (Å²) in [5.74, 6) is -2.03. The Balaban J connectivity index is 3.80. The van der Waals surface area contributed by atoms with Crippen LogP contribution in [0, 0.1) is 5.92 Å². The maximum absolute atomic E-state index is 10.4. The number of carbonyl (C=O) groups is 1. The van der Waals surface area contributed by atoms with Gasteiger partial charge in [-0.15, -0.1) is 0 Å². The topological polar surface area (TPSA) is 115 Å². The van der Waals surface area contributed by atoms with Gasteiger partial charge in [-0.25, -0.2) is 0 Å². The second-order valence-electron chi connectivity index (χ2n) is 3.22. The van der Waals surface area contributed by atoms with Gasteiger partial charge in [-0.3, -0.25) is 9.36 Å². The average Bonchev–Trinajstić information content (AvgIpc) is 2.00. The van der Waals surface area contributed by atoms with Crippen LogP contribution in [0.25, 0.3) is 0 Å². The molecule has 0 aliphatic carbocycles. The van der Waals surface area contributed by atoms with E-state index in [1.807, 2.05) is 0 Å². The predicted octanol–water partition coefficient (Wildman–Crippen LogP) is 0.0259. The number of hydrogen-bond acceptors (Lipinski definition) is 3. The number of rotatable bonds is 6. The molecule has 2 atom stereocenters. The first-order valence-corrected chi connectivity index (χ1v) is 5.99. The quantitative estimate of drug-likeness (QED) is 0.475. The summed E-state index contributed by atoms with van der Waals surface area (Å²) in [7, 11) is -4.03. The first-order chi connectivity index (χ1) is 6.24. The third-order valence-corrected chi connectivity index (χ3v) is 2.81. The zero-order valence-corrected chi connectivity index (χ0v) is 8.72. The molecule has 0 spiro atoms. The monoisotopic (exact) mass is 226 g/mol. The van der Waals surface area contributed by atoms with Gasteiger partial charge in [0.15, 0.2) is 0 Å². The van der Waals surface area contributed by atoms with Gasteiger partial charge in [0, 0.05) is 6.16 Å². The van der Waals surface area contributed by atoms with Gasteiger partial charge in [-0.05, 0) is 19.8 Å². The van der Waals surface area contributed by atoms with Crippen molar-refractivity contribution in [3.63, 3.8) is 0 Å². The first-order valence-electron chi connectivity index (χ1n) is 4.19. The van der Waals surface area contributed by atoms with E-state index in [1.54, 1.807) is 0 Å². The summed E-state index contributed by atoms with van der Waals surface area (Å²) in [4.78, 5) is 27.4. The molecule has 14 heavy (non-hydrogen) atoms.